The summed E-state index contributed by atoms with van der Waals surface area (Å²) in [6.07, 6.45) is 3.07. The third-order valence-electron chi connectivity index (χ3n) is 4.37. The van der Waals surface area contributed by atoms with Gasteiger partial charge in [0.15, 0.2) is 0 Å². The van der Waals surface area contributed by atoms with Gasteiger partial charge < -0.3 is 5.73 Å². The number of rotatable bonds is 8. The molecule has 0 amide bonds. The summed E-state index contributed by atoms with van der Waals surface area (Å²) in [7, 11) is 0. The van der Waals surface area contributed by atoms with Crippen LogP contribution in [0.3, 0.4) is 0 Å². The maximum absolute atomic E-state index is 6.59. The number of aryl methyl sites for hydroxylation is 1. The zero-order valence-corrected chi connectivity index (χ0v) is 13.9. The average Bonchev–Trinajstić information content (AvgIpc) is 2.81. The number of nitrogens with zero attached hydrogens (tertiary/aromatic N) is 2. The van der Waals surface area contributed by atoms with Crippen LogP contribution in [0, 0.1) is 6.92 Å². The van der Waals surface area contributed by atoms with Crippen molar-refractivity contribution >= 4 is 11.3 Å². The largest absolute Gasteiger partial charge is 0.326 e. The summed E-state index contributed by atoms with van der Waals surface area (Å²) in [5, 5.41) is 3.28. The van der Waals surface area contributed by atoms with Crippen LogP contribution in [0.5, 0.6) is 0 Å². The first kappa shape index (κ1) is 16.6. The number of hydrogen-bond donors (Lipinski definition) is 1. The van der Waals surface area contributed by atoms with Gasteiger partial charge in [-0.3, -0.25) is 4.90 Å². The Morgan fingerprint density at radius 2 is 1.84 bits per heavy atom. The Hall–Kier alpha value is -0.450. The second-order valence-corrected chi connectivity index (χ2v) is 6.12. The van der Waals surface area contributed by atoms with Crippen molar-refractivity contribution in [1.29, 1.82) is 0 Å². The molecule has 4 heteroatoms. The fraction of sp³-hybridized carbons (Fsp3) is 0.800. The van der Waals surface area contributed by atoms with E-state index in [9.17, 15) is 0 Å². The lowest BCUT2D eigenvalue weighted by Gasteiger charge is -2.46. The molecule has 0 aromatic carbocycles. The van der Waals surface area contributed by atoms with E-state index in [1.165, 1.54) is 5.01 Å². The van der Waals surface area contributed by atoms with Gasteiger partial charge in [0, 0.05) is 29.1 Å². The maximum atomic E-state index is 6.59. The number of aromatic nitrogens is 1. The minimum absolute atomic E-state index is 0.100. The lowest BCUT2D eigenvalue weighted by molar-refractivity contribution is 0.0628. The van der Waals surface area contributed by atoms with Crippen LogP contribution in [0.1, 0.15) is 51.2 Å². The summed E-state index contributed by atoms with van der Waals surface area (Å²) in [5.41, 5.74) is 7.80. The van der Waals surface area contributed by atoms with Crippen molar-refractivity contribution in [2.75, 3.05) is 13.1 Å². The Morgan fingerprint density at radius 3 is 2.21 bits per heavy atom. The van der Waals surface area contributed by atoms with Crippen molar-refractivity contribution in [3.8, 4) is 0 Å². The third kappa shape index (κ3) is 3.56. The van der Waals surface area contributed by atoms with E-state index in [4.69, 9.17) is 5.73 Å². The molecule has 0 aliphatic rings. The normalized spacial score (nSPS) is 14.1. The predicted octanol–water partition coefficient (Wildman–Crippen LogP) is 3.22. The van der Waals surface area contributed by atoms with Gasteiger partial charge in [0.25, 0.3) is 0 Å². The van der Waals surface area contributed by atoms with E-state index in [0.717, 1.165) is 38.0 Å². The number of hydrogen-bond acceptors (Lipinski definition) is 4. The molecule has 0 aliphatic heterocycles. The van der Waals surface area contributed by atoms with Crippen LogP contribution in [0.15, 0.2) is 5.38 Å². The van der Waals surface area contributed by atoms with Crippen LogP contribution in [-0.2, 0) is 6.42 Å². The van der Waals surface area contributed by atoms with Crippen molar-refractivity contribution in [2.24, 2.45) is 5.73 Å². The highest BCUT2D eigenvalue weighted by Gasteiger charge is 2.38. The molecule has 19 heavy (non-hydrogen) atoms. The van der Waals surface area contributed by atoms with E-state index >= 15 is 0 Å². The molecule has 0 aliphatic carbocycles. The standard InChI is InChI=1S/C15H29N3S/c1-6-15(7-2,18(8-3)9-4)13(16)10-14-17-12(5)11-19-14/h11,13H,6-10,16H2,1-5H3. The molecule has 0 saturated heterocycles. The van der Waals surface area contributed by atoms with Gasteiger partial charge in [-0.2, -0.15) is 0 Å². The van der Waals surface area contributed by atoms with Crippen molar-refractivity contribution in [3.05, 3.63) is 16.1 Å². The van der Waals surface area contributed by atoms with Gasteiger partial charge in [-0.25, -0.2) is 4.98 Å². The van der Waals surface area contributed by atoms with Gasteiger partial charge in [-0.1, -0.05) is 27.7 Å². The Bertz CT molecular complexity index is 367. The molecule has 1 aromatic rings. The highest BCUT2D eigenvalue weighted by Crippen LogP contribution is 2.29. The van der Waals surface area contributed by atoms with E-state index in [1.807, 2.05) is 6.92 Å². The van der Waals surface area contributed by atoms with Crippen LogP contribution >= 0.6 is 11.3 Å². The number of nitrogens with two attached hydrogens (primary N) is 1. The second kappa shape index (κ2) is 7.36. The lowest BCUT2D eigenvalue weighted by Crippen LogP contribution is -2.60. The third-order valence-corrected chi connectivity index (χ3v) is 5.36. The van der Waals surface area contributed by atoms with Crippen molar-refractivity contribution in [3.63, 3.8) is 0 Å². The Labute approximate surface area is 122 Å². The molecule has 0 spiro atoms. The minimum Gasteiger partial charge on any atom is -0.326 e. The average molecular weight is 283 g/mol. The SMILES string of the molecule is CCN(CC)C(CC)(CC)C(N)Cc1nc(C)cs1. The Morgan fingerprint density at radius 1 is 1.26 bits per heavy atom. The monoisotopic (exact) mass is 283 g/mol. The Balaban J connectivity index is 2.91. The molecule has 110 valence electrons. The van der Waals surface area contributed by atoms with Crippen molar-refractivity contribution < 1.29 is 0 Å². The van der Waals surface area contributed by atoms with Crippen LogP contribution in [-0.4, -0.2) is 34.6 Å². The van der Waals surface area contributed by atoms with E-state index in [0.29, 0.717) is 0 Å². The first-order valence-corrected chi connectivity index (χ1v) is 8.33. The Kier molecular flexibility index (Phi) is 6.43. The zero-order chi connectivity index (χ0) is 14.5. The number of thiazole rings is 1. The van der Waals surface area contributed by atoms with Crippen molar-refractivity contribution in [2.45, 2.75) is 65.5 Å². The van der Waals surface area contributed by atoms with Gasteiger partial charge in [0.1, 0.15) is 0 Å². The van der Waals surface area contributed by atoms with Gasteiger partial charge in [0.05, 0.1) is 5.01 Å². The summed E-state index contributed by atoms with van der Waals surface area (Å²) in [4.78, 5) is 7.09. The molecule has 0 fully saturated rings. The molecule has 1 rings (SSSR count). The summed E-state index contributed by atoms with van der Waals surface area (Å²) >= 11 is 1.73. The fourth-order valence-electron chi connectivity index (χ4n) is 3.18. The van der Waals surface area contributed by atoms with E-state index in [2.05, 4.69) is 43.0 Å². The van der Waals surface area contributed by atoms with Crippen LogP contribution in [0.4, 0.5) is 0 Å². The molecule has 1 atom stereocenters. The molecule has 0 bridgehead atoms. The van der Waals surface area contributed by atoms with E-state index < -0.39 is 0 Å². The maximum Gasteiger partial charge on any atom is 0.0944 e. The van der Waals surface area contributed by atoms with Crippen LogP contribution in [0.2, 0.25) is 0 Å². The van der Waals surface area contributed by atoms with Crippen molar-refractivity contribution in [1.82, 2.24) is 9.88 Å². The minimum atomic E-state index is 0.100. The molecule has 1 unspecified atom stereocenters. The van der Waals surface area contributed by atoms with Crippen LogP contribution in [0.25, 0.3) is 0 Å². The van der Waals surface area contributed by atoms with Gasteiger partial charge in [-0.15, -0.1) is 11.3 Å². The van der Waals surface area contributed by atoms with Crippen LogP contribution < -0.4 is 5.73 Å². The molecule has 2 N–H and O–H groups in total. The molecule has 1 heterocycles. The van der Waals surface area contributed by atoms with Gasteiger partial charge >= 0.3 is 0 Å². The predicted molar refractivity (Wildman–Crippen MR) is 84.8 cm³/mol. The highest BCUT2D eigenvalue weighted by atomic mass is 32.1. The summed E-state index contributed by atoms with van der Waals surface area (Å²) in [5.74, 6) is 0. The van der Waals surface area contributed by atoms with Gasteiger partial charge in [0.2, 0.25) is 0 Å². The molecule has 0 saturated carbocycles. The zero-order valence-electron chi connectivity index (χ0n) is 13.1. The topological polar surface area (TPSA) is 42.1 Å². The quantitative estimate of drug-likeness (QED) is 0.796. The molecular weight excluding hydrogens is 254 g/mol. The number of likely N-dealkylation sites (N-methyl/N-ethyl adjacent to an activating group) is 1. The first-order valence-electron chi connectivity index (χ1n) is 7.45. The molecular formula is C15H29N3S. The summed E-state index contributed by atoms with van der Waals surface area (Å²) < 4.78 is 0. The fourth-order valence-corrected chi connectivity index (χ4v) is 4.02. The van der Waals surface area contributed by atoms with E-state index in [-0.39, 0.29) is 11.6 Å². The summed E-state index contributed by atoms with van der Waals surface area (Å²) in [6.45, 7) is 13.1. The highest BCUT2D eigenvalue weighted by molar-refractivity contribution is 7.09. The van der Waals surface area contributed by atoms with E-state index in [1.54, 1.807) is 11.3 Å². The lowest BCUT2D eigenvalue weighted by atomic mass is 9.81. The second-order valence-electron chi connectivity index (χ2n) is 5.18. The van der Waals surface area contributed by atoms with Gasteiger partial charge in [-0.05, 0) is 32.9 Å². The first-order chi connectivity index (χ1) is 9.03. The molecule has 3 nitrogen and oxygen atoms in total. The molecule has 1 aromatic heterocycles. The molecule has 0 radical (unpaired) electrons. The summed E-state index contributed by atoms with van der Waals surface area (Å²) in [6, 6.07) is 0.146. The smallest absolute Gasteiger partial charge is 0.0944 e.